The molecule has 8 heteroatoms. The van der Waals surface area contributed by atoms with Gasteiger partial charge in [-0.05, 0) is 58.6 Å². The fraction of sp³-hybridized carbons (Fsp3) is 0.375. The summed E-state index contributed by atoms with van der Waals surface area (Å²) in [5.74, 6) is 1.88. The van der Waals surface area contributed by atoms with E-state index in [9.17, 15) is 4.79 Å². The average Bonchev–Trinajstić information content (AvgIpc) is 2.73. The quantitative estimate of drug-likeness (QED) is 0.321. The van der Waals surface area contributed by atoms with Crippen molar-refractivity contribution in [1.29, 1.82) is 0 Å². The van der Waals surface area contributed by atoms with Crippen LogP contribution in [0.5, 0.6) is 11.5 Å². The molecular weight excluding hydrogens is 538 g/mol. The van der Waals surface area contributed by atoms with Crippen molar-refractivity contribution in [2.75, 3.05) is 13.2 Å². The molecule has 0 aliphatic rings. The molecule has 32 heavy (non-hydrogen) atoms. The second kappa shape index (κ2) is 10.2. The number of nitrogens with zero attached hydrogens (tertiary/aromatic N) is 3. The van der Waals surface area contributed by atoms with Gasteiger partial charge in [-0.2, -0.15) is 9.78 Å². The molecule has 0 fully saturated rings. The van der Waals surface area contributed by atoms with Crippen LogP contribution in [0.3, 0.4) is 0 Å². The normalized spacial score (nSPS) is 12.0. The van der Waals surface area contributed by atoms with Gasteiger partial charge in [0.2, 0.25) is 0 Å². The number of hydrogen-bond acceptors (Lipinski definition) is 5. The molecule has 0 aliphatic carbocycles. The van der Waals surface area contributed by atoms with Gasteiger partial charge < -0.3 is 9.47 Å². The monoisotopic (exact) mass is 563 g/mol. The maximum Gasteiger partial charge on any atom is 0.282 e. The Bertz CT molecular complexity index is 1210. The summed E-state index contributed by atoms with van der Waals surface area (Å²) in [6.07, 6.45) is 2.20. The van der Waals surface area contributed by atoms with Crippen molar-refractivity contribution in [3.8, 4) is 11.5 Å². The van der Waals surface area contributed by atoms with Gasteiger partial charge in [-0.15, -0.1) is 0 Å². The first-order chi connectivity index (χ1) is 15.1. The van der Waals surface area contributed by atoms with E-state index in [2.05, 4.69) is 62.7 Å². The summed E-state index contributed by atoms with van der Waals surface area (Å²) in [6.45, 7) is 11.3. The summed E-state index contributed by atoms with van der Waals surface area (Å²) in [7, 11) is 0. The van der Waals surface area contributed by atoms with Crippen LogP contribution in [0.25, 0.3) is 10.9 Å². The topological polar surface area (TPSA) is 65.7 Å². The first-order valence-electron chi connectivity index (χ1n) is 10.5. The second-order valence-corrected chi connectivity index (χ2v) is 10.3. The maximum atomic E-state index is 13.1. The molecule has 3 rings (SSSR count). The lowest BCUT2D eigenvalue weighted by Crippen LogP contribution is -2.22. The third-order valence-electron chi connectivity index (χ3n) is 4.53. The highest BCUT2D eigenvalue weighted by molar-refractivity contribution is 9.10. The molecule has 6 nitrogen and oxygen atoms in total. The lowest BCUT2D eigenvalue weighted by atomic mass is 9.99. The predicted molar refractivity (Wildman–Crippen MR) is 136 cm³/mol. The second-order valence-electron chi connectivity index (χ2n) is 8.51. The molecule has 0 amide bonds. The van der Waals surface area contributed by atoms with Crippen molar-refractivity contribution in [3.63, 3.8) is 0 Å². The summed E-state index contributed by atoms with van der Waals surface area (Å²) in [6, 6.07) is 9.20. The Morgan fingerprint density at radius 1 is 1.09 bits per heavy atom. The van der Waals surface area contributed by atoms with E-state index in [0.29, 0.717) is 47.9 Å². The number of ether oxygens (including phenoxy) is 2. The Hall–Kier alpha value is -2.19. The average molecular weight is 565 g/mol. The SMILES string of the molecule is CCOc1cc(C=Nn2c(CC)nc3ccc(Br)cc3c2=O)c(Br)cc1OCC(C)(C)C. The van der Waals surface area contributed by atoms with Gasteiger partial charge in [-0.1, -0.05) is 43.6 Å². The van der Waals surface area contributed by atoms with Crippen molar-refractivity contribution in [3.05, 3.63) is 61.0 Å². The summed E-state index contributed by atoms with van der Waals surface area (Å²) in [5, 5.41) is 4.99. The third kappa shape index (κ3) is 5.78. The van der Waals surface area contributed by atoms with Crippen molar-refractivity contribution in [2.24, 2.45) is 10.5 Å². The first-order valence-corrected chi connectivity index (χ1v) is 12.1. The Kier molecular flexibility index (Phi) is 7.77. The van der Waals surface area contributed by atoms with E-state index >= 15 is 0 Å². The van der Waals surface area contributed by atoms with E-state index in [0.717, 1.165) is 14.5 Å². The highest BCUT2D eigenvalue weighted by atomic mass is 79.9. The molecule has 1 aromatic heterocycles. The lowest BCUT2D eigenvalue weighted by molar-refractivity contribution is 0.188. The molecule has 0 radical (unpaired) electrons. The molecular formula is C24H27Br2N3O3. The first kappa shape index (κ1) is 24.5. The zero-order chi connectivity index (χ0) is 23.5. The van der Waals surface area contributed by atoms with Crippen LogP contribution in [0.2, 0.25) is 0 Å². The minimum atomic E-state index is -0.212. The van der Waals surface area contributed by atoms with Gasteiger partial charge in [0.15, 0.2) is 11.5 Å². The van der Waals surface area contributed by atoms with Crippen LogP contribution in [0.1, 0.15) is 46.0 Å². The molecule has 0 bridgehead atoms. The fourth-order valence-corrected chi connectivity index (χ4v) is 3.77. The molecule has 0 aliphatic heterocycles. The number of fused-ring (bicyclic) bond motifs is 1. The van der Waals surface area contributed by atoms with E-state index < -0.39 is 0 Å². The highest BCUT2D eigenvalue weighted by Crippen LogP contribution is 2.34. The van der Waals surface area contributed by atoms with Crippen molar-refractivity contribution >= 4 is 49.0 Å². The zero-order valence-electron chi connectivity index (χ0n) is 18.9. The van der Waals surface area contributed by atoms with Gasteiger partial charge in [0.05, 0.1) is 30.3 Å². The Labute approximate surface area is 204 Å². The predicted octanol–water partition coefficient (Wildman–Crippen LogP) is 6.19. The van der Waals surface area contributed by atoms with Crippen LogP contribution in [-0.4, -0.2) is 29.1 Å². The van der Waals surface area contributed by atoms with Crippen molar-refractivity contribution in [1.82, 2.24) is 9.66 Å². The van der Waals surface area contributed by atoms with Crippen molar-refractivity contribution < 1.29 is 9.47 Å². The van der Waals surface area contributed by atoms with Gasteiger partial charge in [0.1, 0.15) is 5.82 Å². The molecule has 0 saturated heterocycles. The fourth-order valence-electron chi connectivity index (χ4n) is 2.99. The molecule has 0 atom stereocenters. The largest absolute Gasteiger partial charge is 0.490 e. The van der Waals surface area contributed by atoms with E-state index in [1.165, 1.54) is 4.68 Å². The van der Waals surface area contributed by atoms with Crippen LogP contribution >= 0.6 is 31.9 Å². The standard InChI is InChI=1S/C24H27Br2N3O3/c1-6-22-28-19-9-8-16(25)11-17(19)23(30)29(22)27-13-15-10-20(31-7-2)21(12-18(15)26)32-14-24(3,4)5/h8-13H,6-7,14H2,1-5H3. The van der Waals surface area contributed by atoms with E-state index in [4.69, 9.17) is 9.47 Å². The van der Waals surface area contributed by atoms with E-state index in [1.807, 2.05) is 38.1 Å². The van der Waals surface area contributed by atoms with Crippen molar-refractivity contribution in [2.45, 2.75) is 41.0 Å². The van der Waals surface area contributed by atoms with Crippen LogP contribution in [0.15, 0.2) is 49.2 Å². The Balaban J connectivity index is 2.03. The summed E-state index contributed by atoms with van der Waals surface area (Å²) in [4.78, 5) is 17.7. The number of hydrogen-bond donors (Lipinski definition) is 0. The van der Waals surface area contributed by atoms with Gasteiger partial charge in [0.25, 0.3) is 5.56 Å². The van der Waals surface area contributed by atoms with Crippen LogP contribution in [0, 0.1) is 5.41 Å². The van der Waals surface area contributed by atoms with Crippen LogP contribution in [-0.2, 0) is 6.42 Å². The summed E-state index contributed by atoms with van der Waals surface area (Å²) < 4.78 is 14.8. The maximum absolute atomic E-state index is 13.1. The smallest absolute Gasteiger partial charge is 0.282 e. The van der Waals surface area contributed by atoms with Crippen LogP contribution < -0.4 is 15.0 Å². The molecule has 170 valence electrons. The highest BCUT2D eigenvalue weighted by Gasteiger charge is 2.16. The number of aromatic nitrogens is 2. The van der Waals surface area contributed by atoms with E-state index in [1.54, 1.807) is 12.3 Å². The molecule has 2 aromatic carbocycles. The number of halogens is 2. The third-order valence-corrected chi connectivity index (χ3v) is 5.71. The lowest BCUT2D eigenvalue weighted by Gasteiger charge is -2.21. The van der Waals surface area contributed by atoms with Gasteiger partial charge in [-0.25, -0.2) is 4.98 Å². The van der Waals surface area contributed by atoms with Gasteiger partial charge >= 0.3 is 0 Å². The number of benzene rings is 2. The summed E-state index contributed by atoms with van der Waals surface area (Å²) >= 11 is 7.01. The minimum absolute atomic E-state index is 0.0197. The Morgan fingerprint density at radius 2 is 1.81 bits per heavy atom. The zero-order valence-corrected chi connectivity index (χ0v) is 22.1. The Morgan fingerprint density at radius 3 is 2.47 bits per heavy atom. The van der Waals surface area contributed by atoms with Gasteiger partial charge in [0, 0.05) is 20.9 Å². The molecule has 0 N–H and O–H groups in total. The molecule has 0 unspecified atom stereocenters. The van der Waals surface area contributed by atoms with Gasteiger partial charge in [-0.3, -0.25) is 4.79 Å². The molecule has 0 spiro atoms. The van der Waals surface area contributed by atoms with E-state index in [-0.39, 0.29) is 11.0 Å². The molecule has 0 saturated carbocycles. The minimum Gasteiger partial charge on any atom is -0.490 e. The summed E-state index contributed by atoms with van der Waals surface area (Å²) in [5.41, 5.74) is 1.23. The van der Waals surface area contributed by atoms with Crippen LogP contribution in [0.4, 0.5) is 0 Å². The molecule has 3 aromatic rings. The number of rotatable bonds is 7. The molecule has 1 heterocycles. The number of aryl methyl sites for hydroxylation is 1.